The number of halogens is 3. The Morgan fingerprint density at radius 2 is 1.39 bits per heavy atom. The van der Waals surface area contributed by atoms with Gasteiger partial charge < -0.3 is 10.8 Å². The van der Waals surface area contributed by atoms with E-state index < -0.39 is 24.2 Å². The van der Waals surface area contributed by atoms with E-state index in [1.54, 1.807) is 0 Å². The maximum atomic E-state index is 12.9. The Labute approximate surface area is 107 Å². The molecular formula is C13H24F3NO. The number of hydrogen-bond acceptors (Lipinski definition) is 2. The van der Waals surface area contributed by atoms with E-state index in [9.17, 15) is 18.3 Å². The lowest BCUT2D eigenvalue weighted by atomic mass is 9.66. The summed E-state index contributed by atoms with van der Waals surface area (Å²) in [6.07, 6.45) is -2.38. The van der Waals surface area contributed by atoms with Gasteiger partial charge in [-0.15, -0.1) is 0 Å². The molecule has 0 heterocycles. The van der Waals surface area contributed by atoms with Crippen LogP contribution in [0.15, 0.2) is 0 Å². The lowest BCUT2D eigenvalue weighted by Gasteiger charge is -2.43. The Kier molecular flexibility index (Phi) is 4.38. The summed E-state index contributed by atoms with van der Waals surface area (Å²) in [7, 11) is 0. The Bertz CT molecular complexity index is 277. The van der Waals surface area contributed by atoms with Crippen molar-refractivity contribution in [2.24, 2.45) is 23.0 Å². The first-order valence-corrected chi connectivity index (χ1v) is 6.51. The minimum absolute atomic E-state index is 0.115. The van der Waals surface area contributed by atoms with Crippen LogP contribution in [0.4, 0.5) is 13.2 Å². The van der Waals surface area contributed by atoms with E-state index in [0.717, 1.165) is 12.8 Å². The topological polar surface area (TPSA) is 46.2 Å². The molecule has 1 saturated carbocycles. The van der Waals surface area contributed by atoms with Gasteiger partial charge in [0.2, 0.25) is 0 Å². The summed E-state index contributed by atoms with van der Waals surface area (Å²) in [6.45, 7) is 5.58. The van der Waals surface area contributed by atoms with Crippen molar-refractivity contribution in [1.29, 1.82) is 0 Å². The van der Waals surface area contributed by atoms with Gasteiger partial charge in [0.1, 0.15) is 0 Å². The lowest BCUT2D eigenvalue weighted by molar-refractivity contribution is -0.279. The third-order valence-corrected chi connectivity index (χ3v) is 4.43. The fraction of sp³-hybridized carbons (Fsp3) is 1.00. The molecule has 1 aliphatic carbocycles. The van der Waals surface area contributed by atoms with E-state index in [0.29, 0.717) is 18.8 Å². The van der Waals surface area contributed by atoms with Crippen molar-refractivity contribution < 1.29 is 18.3 Å². The number of rotatable bonds is 2. The zero-order valence-corrected chi connectivity index (χ0v) is 11.3. The van der Waals surface area contributed by atoms with E-state index in [2.05, 4.69) is 20.8 Å². The van der Waals surface area contributed by atoms with Crippen LogP contribution in [-0.4, -0.2) is 23.4 Å². The Balaban J connectivity index is 2.73. The zero-order chi connectivity index (χ0) is 14.2. The maximum absolute atomic E-state index is 12.9. The molecule has 1 atom stereocenters. The maximum Gasteiger partial charge on any atom is 0.418 e. The normalized spacial score (nSPS) is 30.0. The van der Waals surface area contributed by atoms with Crippen LogP contribution >= 0.6 is 0 Å². The van der Waals surface area contributed by atoms with Crippen molar-refractivity contribution in [3.63, 3.8) is 0 Å². The molecule has 0 spiro atoms. The molecule has 0 saturated heterocycles. The number of nitrogens with two attached hydrogens (primary N) is 1. The number of hydrogen-bond donors (Lipinski definition) is 2. The minimum atomic E-state index is -4.64. The second-order valence-electron chi connectivity index (χ2n) is 6.54. The molecule has 3 N–H and O–H groups in total. The molecule has 0 aromatic heterocycles. The molecule has 5 heteroatoms. The van der Waals surface area contributed by atoms with E-state index in [1.165, 1.54) is 0 Å². The van der Waals surface area contributed by atoms with Gasteiger partial charge in [0.15, 0.2) is 5.60 Å². The average molecular weight is 267 g/mol. The highest BCUT2D eigenvalue weighted by atomic mass is 19.4. The van der Waals surface area contributed by atoms with Gasteiger partial charge in [0.25, 0.3) is 0 Å². The van der Waals surface area contributed by atoms with Crippen molar-refractivity contribution in [1.82, 2.24) is 0 Å². The summed E-state index contributed by atoms with van der Waals surface area (Å²) in [4.78, 5) is 0. The third kappa shape index (κ3) is 2.99. The SMILES string of the molecule is CC(C)(C)C1CCC(C(O)(CN)C(F)(F)F)CC1. The van der Waals surface area contributed by atoms with Gasteiger partial charge >= 0.3 is 6.18 Å². The summed E-state index contributed by atoms with van der Waals surface area (Å²) < 4.78 is 38.7. The molecule has 1 unspecified atom stereocenters. The van der Waals surface area contributed by atoms with Gasteiger partial charge in [-0.25, -0.2) is 0 Å². The van der Waals surface area contributed by atoms with Crippen LogP contribution in [0.25, 0.3) is 0 Å². The molecule has 0 bridgehead atoms. The predicted molar refractivity (Wildman–Crippen MR) is 65.0 cm³/mol. The molecule has 0 radical (unpaired) electrons. The largest absolute Gasteiger partial charge is 0.418 e. The second kappa shape index (κ2) is 5.00. The highest BCUT2D eigenvalue weighted by Gasteiger charge is 2.57. The molecule has 0 amide bonds. The van der Waals surface area contributed by atoms with Crippen molar-refractivity contribution in [2.45, 2.75) is 58.2 Å². The van der Waals surface area contributed by atoms with Gasteiger partial charge in [0, 0.05) is 6.54 Å². The van der Waals surface area contributed by atoms with Crippen molar-refractivity contribution in [2.75, 3.05) is 6.54 Å². The van der Waals surface area contributed by atoms with Gasteiger partial charge in [-0.05, 0) is 42.9 Å². The van der Waals surface area contributed by atoms with Crippen molar-refractivity contribution in [3.05, 3.63) is 0 Å². The van der Waals surface area contributed by atoms with E-state index in [-0.39, 0.29) is 5.41 Å². The van der Waals surface area contributed by atoms with Gasteiger partial charge in [-0.1, -0.05) is 20.8 Å². The highest BCUT2D eigenvalue weighted by Crippen LogP contribution is 2.46. The van der Waals surface area contributed by atoms with Crippen molar-refractivity contribution in [3.8, 4) is 0 Å². The van der Waals surface area contributed by atoms with E-state index in [1.807, 2.05) is 0 Å². The summed E-state index contributed by atoms with van der Waals surface area (Å²) in [5.41, 5.74) is 2.58. The van der Waals surface area contributed by atoms with E-state index in [4.69, 9.17) is 5.73 Å². The minimum Gasteiger partial charge on any atom is -0.379 e. The molecule has 1 rings (SSSR count). The summed E-state index contributed by atoms with van der Waals surface area (Å²) in [5.74, 6) is -0.342. The van der Waals surface area contributed by atoms with Crippen LogP contribution in [0.2, 0.25) is 0 Å². The molecule has 0 aromatic rings. The molecule has 0 aromatic carbocycles. The molecule has 1 aliphatic rings. The summed E-state index contributed by atoms with van der Waals surface area (Å²) in [5, 5.41) is 9.82. The molecule has 0 aliphatic heterocycles. The van der Waals surface area contributed by atoms with E-state index >= 15 is 0 Å². The number of aliphatic hydroxyl groups is 1. The fourth-order valence-corrected chi connectivity index (χ4v) is 2.95. The van der Waals surface area contributed by atoms with Gasteiger partial charge in [-0.3, -0.25) is 0 Å². The summed E-state index contributed by atoms with van der Waals surface area (Å²) >= 11 is 0. The second-order valence-corrected chi connectivity index (χ2v) is 6.54. The Morgan fingerprint density at radius 1 is 1.00 bits per heavy atom. The Hall–Kier alpha value is -0.290. The van der Waals surface area contributed by atoms with Crippen LogP contribution in [0, 0.1) is 17.3 Å². The molecule has 1 fully saturated rings. The first kappa shape index (κ1) is 15.8. The van der Waals surface area contributed by atoms with Gasteiger partial charge in [-0.2, -0.15) is 13.2 Å². The molecular weight excluding hydrogens is 243 g/mol. The first-order chi connectivity index (χ1) is 8.02. The monoisotopic (exact) mass is 267 g/mol. The lowest BCUT2D eigenvalue weighted by Crippen LogP contribution is -2.57. The highest BCUT2D eigenvalue weighted by molar-refractivity contribution is 4.97. The number of alkyl halides is 3. The smallest absolute Gasteiger partial charge is 0.379 e. The molecule has 18 heavy (non-hydrogen) atoms. The average Bonchev–Trinajstić information content (AvgIpc) is 2.25. The van der Waals surface area contributed by atoms with Crippen LogP contribution in [0.5, 0.6) is 0 Å². The van der Waals surface area contributed by atoms with Crippen LogP contribution in [0.3, 0.4) is 0 Å². The first-order valence-electron chi connectivity index (χ1n) is 6.51. The van der Waals surface area contributed by atoms with Crippen LogP contribution < -0.4 is 5.73 Å². The molecule has 108 valence electrons. The van der Waals surface area contributed by atoms with Gasteiger partial charge in [0.05, 0.1) is 0 Å². The Morgan fingerprint density at radius 3 is 1.67 bits per heavy atom. The fourth-order valence-electron chi connectivity index (χ4n) is 2.95. The van der Waals surface area contributed by atoms with Crippen LogP contribution in [0.1, 0.15) is 46.5 Å². The van der Waals surface area contributed by atoms with Crippen LogP contribution in [-0.2, 0) is 0 Å². The predicted octanol–water partition coefficient (Wildman–Crippen LogP) is 3.09. The zero-order valence-electron chi connectivity index (χ0n) is 11.3. The molecule has 2 nitrogen and oxygen atoms in total. The quantitative estimate of drug-likeness (QED) is 0.807. The van der Waals surface area contributed by atoms with Crippen molar-refractivity contribution >= 4 is 0 Å². The third-order valence-electron chi connectivity index (χ3n) is 4.43. The standard InChI is InChI=1S/C13H24F3NO/c1-11(2,3)9-4-6-10(7-5-9)12(18,8-17)13(14,15)16/h9-10,18H,4-8,17H2,1-3H3. The summed E-state index contributed by atoms with van der Waals surface area (Å²) in [6, 6.07) is 0.